The predicted octanol–water partition coefficient (Wildman–Crippen LogP) is 3.16. The summed E-state index contributed by atoms with van der Waals surface area (Å²) < 4.78 is 1.52. The number of nitriles is 1. The van der Waals surface area contributed by atoms with Crippen molar-refractivity contribution < 1.29 is 0 Å². The number of hydrogen-bond donors (Lipinski definition) is 3. The number of para-hydroxylation sites is 1. The Morgan fingerprint density at radius 1 is 1.08 bits per heavy atom. The van der Waals surface area contributed by atoms with Gasteiger partial charge in [-0.2, -0.15) is 10.2 Å². The monoisotopic (exact) mass is 476 g/mol. The van der Waals surface area contributed by atoms with Gasteiger partial charge in [0.15, 0.2) is 0 Å². The molecular weight excluding hydrogens is 456 g/mol. The summed E-state index contributed by atoms with van der Waals surface area (Å²) in [6, 6.07) is 19.1. The number of nitrogens with zero attached hydrogens (tertiary/aromatic N) is 5. The number of H-pyrrole nitrogens is 1. The van der Waals surface area contributed by atoms with E-state index in [-0.39, 0.29) is 28.4 Å². The van der Waals surface area contributed by atoms with Crippen molar-refractivity contribution in [3.8, 4) is 22.9 Å². The smallest absolute Gasteiger partial charge is 0.266 e. The van der Waals surface area contributed by atoms with Gasteiger partial charge in [-0.25, -0.2) is 9.97 Å². The number of hydrogen-bond acceptors (Lipinski definition) is 8. The van der Waals surface area contributed by atoms with Crippen LogP contribution < -0.4 is 22.2 Å². The van der Waals surface area contributed by atoms with Gasteiger partial charge < -0.3 is 16.0 Å². The molecule has 0 saturated heterocycles. The molecule has 1 atom stereocenters. The maximum Gasteiger partial charge on any atom is 0.266 e. The number of fused-ring (bicyclic) bond motifs is 1. The lowest BCUT2D eigenvalue weighted by atomic mass is 10.0. The lowest BCUT2D eigenvalue weighted by Crippen LogP contribution is -2.28. The van der Waals surface area contributed by atoms with Crippen molar-refractivity contribution in [2.24, 2.45) is 0 Å². The number of benzene rings is 2. The van der Waals surface area contributed by atoms with Crippen LogP contribution in [0.1, 0.15) is 24.4 Å². The fourth-order valence-corrected chi connectivity index (χ4v) is 4.07. The van der Waals surface area contributed by atoms with Crippen molar-refractivity contribution in [2.75, 3.05) is 11.1 Å². The van der Waals surface area contributed by atoms with Crippen LogP contribution in [0.15, 0.2) is 82.6 Å². The highest BCUT2D eigenvalue weighted by Crippen LogP contribution is 2.28. The molecule has 10 nitrogen and oxygen atoms in total. The van der Waals surface area contributed by atoms with Crippen LogP contribution in [0, 0.1) is 11.3 Å². The zero-order valence-electron chi connectivity index (χ0n) is 19.1. The molecule has 0 aliphatic heterocycles. The Bertz CT molecular complexity index is 1750. The molecule has 0 amide bonds. The number of pyridine rings is 1. The molecule has 5 aromatic rings. The minimum atomic E-state index is -0.549. The van der Waals surface area contributed by atoms with Crippen LogP contribution in [0.5, 0.6) is 0 Å². The van der Waals surface area contributed by atoms with Crippen LogP contribution in [0.25, 0.3) is 27.7 Å². The van der Waals surface area contributed by atoms with E-state index >= 15 is 0 Å². The third kappa shape index (κ3) is 4.05. The van der Waals surface area contributed by atoms with Gasteiger partial charge in [0.1, 0.15) is 23.3 Å². The second-order valence-corrected chi connectivity index (χ2v) is 8.06. The van der Waals surface area contributed by atoms with Crippen molar-refractivity contribution in [3.05, 3.63) is 105 Å². The van der Waals surface area contributed by atoms with Gasteiger partial charge >= 0.3 is 0 Å². The summed E-state index contributed by atoms with van der Waals surface area (Å²) in [6.45, 7) is 1.81. The van der Waals surface area contributed by atoms with Gasteiger partial charge in [0.2, 0.25) is 11.5 Å². The summed E-state index contributed by atoms with van der Waals surface area (Å²) in [7, 11) is 0. The Morgan fingerprint density at radius 3 is 2.64 bits per heavy atom. The van der Waals surface area contributed by atoms with E-state index < -0.39 is 6.04 Å². The van der Waals surface area contributed by atoms with Crippen LogP contribution in [0.3, 0.4) is 0 Å². The molecule has 0 saturated carbocycles. The molecule has 0 bridgehead atoms. The summed E-state index contributed by atoms with van der Waals surface area (Å²) in [4.78, 5) is 41.5. The largest absolute Gasteiger partial charge is 0.368 e. The van der Waals surface area contributed by atoms with Gasteiger partial charge in [-0.3, -0.25) is 14.2 Å². The zero-order valence-corrected chi connectivity index (χ0v) is 19.1. The molecule has 3 aromatic heterocycles. The number of rotatable bonds is 5. The standard InChI is InChI=1S/C26H20N8O2/c1-15(31-23-17(13-27)14-30-26(28)33-23)24-32-20-9-5-8-19(16-10-11-29-21(35)12-16)22(20)25(36)34(24)18-6-3-2-4-7-18/h2-12,14-15H,1H3,(H,29,35)(H3,28,30,31,33)/t15-/m1/s1. The van der Waals surface area contributed by atoms with Gasteiger partial charge in [-0.05, 0) is 42.3 Å². The van der Waals surface area contributed by atoms with Crippen molar-refractivity contribution in [3.63, 3.8) is 0 Å². The van der Waals surface area contributed by atoms with E-state index in [0.29, 0.717) is 33.5 Å². The van der Waals surface area contributed by atoms with Gasteiger partial charge in [0, 0.05) is 12.3 Å². The lowest BCUT2D eigenvalue weighted by molar-refractivity contribution is 0.731. The first-order valence-corrected chi connectivity index (χ1v) is 11.1. The molecule has 176 valence electrons. The fraction of sp³-hybridized carbons (Fsp3) is 0.0769. The molecule has 0 radical (unpaired) electrons. The molecule has 10 heteroatoms. The molecule has 36 heavy (non-hydrogen) atoms. The topological polar surface area (TPSA) is 155 Å². The molecular formula is C26H20N8O2. The van der Waals surface area contributed by atoms with Crippen molar-refractivity contribution in [1.29, 1.82) is 5.26 Å². The summed E-state index contributed by atoms with van der Waals surface area (Å²) in [5, 5.41) is 13.0. The first kappa shape index (κ1) is 22.5. The summed E-state index contributed by atoms with van der Waals surface area (Å²) in [6.07, 6.45) is 2.88. The Kier molecular flexibility index (Phi) is 5.72. The fourth-order valence-electron chi connectivity index (χ4n) is 4.07. The molecule has 0 fully saturated rings. The highest BCUT2D eigenvalue weighted by Gasteiger charge is 2.21. The number of nitrogen functional groups attached to an aromatic ring is 1. The highest BCUT2D eigenvalue weighted by atomic mass is 16.1. The Hall–Kier alpha value is -5.30. The summed E-state index contributed by atoms with van der Waals surface area (Å²) >= 11 is 0. The van der Waals surface area contributed by atoms with Crippen LogP contribution in [0.4, 0.5) is 11.8 Å². The summed E-state index contributed by atoms with van der Waals surface area (Å²) in [5.41, 5.74) is 7.67. The lowest BCUT2D eigenvalue weighted by Gasteiger charge is -2.21. The van der Waals surface area contributed by atoms with E-state index in [0.717, 1.165) is 0 Å². The third-order valence-corrected chi connectivity index (χ3v) is 5.69. The predicted molar refractivity (Wildman–Crippen MR) is 137 cm³/mol. The normalized spacial score (nSPS) is 11.7. The molecule has 0 aliphatic carbocycles. The van der Waals surface area contributed by atoms with E-state index in [1.807, 2.05) is 43.3 Å². The van der Waals surface area contributed by atoms with Crippen molar-refractivity contribution in [2.45, 2.75) is 13.0 Å². The van der Waals surface area contributed by atoms with Crippen molar-refractivity contribution in [1.82, 2.24) is 24.5 Å². The van der Waals surface area contributed by atoms with Crippen LogP contribution in [0.2, 0.25) is 0 Å². The third-order valence-electron chi connectivity index (χ3n) is 5.69. The quantitative estimate of drug-likeness (QED) is 0.349. The minimum Gasteiger partial charge on any atom is -0.368 e. The summed E-state index contributed by atoms with van der Waals surface area (Å²) in [5.74, 6) is 0.657. The average Bonchev–Trinajstić information content (AvgIpc) is 2.89. The van der Waals surface area contributed by atoms with Crippen LogP contribution in [-0.4, -0.2) is 24.5 Å². The van der Waals surface area contributed by atoms with Crippen molar-refractivity contribution >= 4 is 22.7 Å². The average molecular weight is 477 g/mol. The van der Waals surface area contributed by atoms with Gasteiger partial charge in [-0.1, -0.05) is 30.3 Å². The Labute approximate surface area is 204 Å². The molecule has 0 aliphatic rings. The van der Waals surface area contributed by atoms with Gasteiger partial charge in [0.25, 0.3) is 5.56 Å². The second-order valence-electron chi connectivity index (χ2n) is 8.06. The van der Waals surface area contributed by atoms with Crippen LogP contribution in [-0.2, 0) is 0 Å². The number of nitrogens with one attached hydrogen (secondary N) is 2. The number of nitrogens with two attached hydrogens (primary N) is 1. The van der Waals surface area contributed by atoms with E-state index in [2.05, 4.69) is 20.3 Å². The van der Waals surface area contributed by atoms with E-state index in [9.17, 15) is 14.9 Å². The first-order valence-electron chi connectivity index (χ1n) is 11.1. The number of aromatic nitrogens is 5. The van der Waals surface area contributed by atoms with Gasteiger partial charge in [-0.15, -0.1) is 0 Å². The number of aromatic amines is 1. The second kappa shape index (κ2) is 9.15. The van der Waals surface area contributed by atoms with Crippen LogP contribution >= 0.6 is 0 Å². The minimum absolute atomic E-state index is 0.0121. The molecule has 5 rings (SSSR count). The zero-order chi connectivity index (χ0) is 25.2. The molecule has 4 N–H and O–H groups in total. The highest BCUT2D eigenvalue weighted by molar-refractivity contribution is 5.94. The number of anilines is 2. The molecule has 2 aromatic carbocycles. The van der Waals surface area contributed by atoms with E-state index in [1.165, 1.54) is 16.8 Å². The molecule has 0 spiro atoms. The van der Waals surface area contributed by atoms with Gasteiger partial charge in [0.05, 0.1) is 28.8 Å². The van der Waals surface area contributed by atoms with E-state index in [1.54, 1.807) is 30.5 Å². The Morgan fingerprint density at radius 2 is 1.89 bits per heavy atom. The molecule has 0 unspecified atom stereocenters. The Balaban J connectivity index is 1.76. The maximum atomic E-state index is 14.1. The first-order chi connectivity index (χ1) is 17.5. The molecule has 3 heterocycles. The maximum absolute atomic E-state index is 14.1. The SMILES string of the molecule is C[C@@H](Nc1nc(N)ncc1C#N)c1nc2cccc(-c3cc[nH]c(=O)c3)c2c(=O)n1-c1ccccc1. The van der Waals surface area contributed by atoms with E-state index in [4.69, 9.17) is 10.7 Å².